The fraction of sp³-hybridized carbons (Fsp3) is 0.211. The van der Waals surface area contributed by atoms with Crippen molar-refractivity contribution in [2.45, 2.75) is 13.8 Å². The summed E-state index contributed by atoms with van der Waals surface area (Å²) in [6.07, 6.45) is 1.78. The van der Waals surface area contributed by atoms with Gasteiger partial charge in [-0.2, -0.15) is 0 Å². The molecule has 2 rings (SSSR count). The van der Waals surface area contributed by atoms with Crippen LogP contribution in [-0.2, 0) is 4.79 Å². The number of aryl methyl sites for hydroxylation is 1. The molecule has 0 bridgehead atoms. The fourth-order valence-corrected chi connectivity index (χ4v) is 2.34. The summed E-state index contributed by atoms with van der Waals surface area (Å²) in [5, 5.41) is 3.45. The molecule has 24 heavy (non-hydrogen) atoms. The van der Waals surface area contributed by atoms with Gasteiger partial charge in [0.05, 0.1) is 14.2 Å². The highest BCUT2D eigenvalue weighted by Crippen LogP contribution is 2.28. The lowest BCUT2D eigenvalue weighted by Gasteiger charge is -2.09. The monoisotopic (exact) mass is 345 g/mol. The van der Waals surface area contributed by atoms with E-state index in [4.69, 9.17) is 21.1 Å². The second kappa shape index (κ2) is 7.88. The molecule has 0 aliphatic rings. The number of rotatable bonds is 5. The molecule has 126 valence electrons. The highest BCUT2D eigenvalue weighted by molar-refractivity contribution is 6.31. The van der Waals surface area contributed by atoms with Crippen LogP contribution in [0.4, 0.5) is 5.69 Å². The third-order valence-corrected chi connectivity index (χ3v) is 3.99. The van der Waals surface area contributed by atoms with Gasteiger partial charge in [0.25, 0.3) is 5.91 Å². The van der Waals surface area contributed by atoms with Crippen LogP contribution < -0.4 is 14.8 Å². The number of methoxy groups -OCH3 is 2. The van der Waals surface area contributed by atoms with Crippen molar-refractivity contribution in [1.29, 1.82) is 0 Å². The minimum atomic E-state index is -0.190. The molecule has 0 saturated heterocycles. The molecule has 2 aromatic carbocycles. The maximum Gasteiger partial charge on any atom is 0.251 e. The number of ether oxygens (including phenoxy) is 2. The molecule has 0 atom stereocenters. The molecule has 0 aliphatic carbocycles. The van der Waals surface area contributed by atoms with E-state index in [1.807, 2.05) is 31.2 Å². The lowest BCUT2D eigenvalue weighted by atomic mass is 10.1. The first-order valence-electron chi connectivity index (χ1n) is 7.42. The van der Waals surface area contributed by atoms with E-state index in [9.17, 15) is 4.79 Å². The summed E-state index contributed by atoms with van der Waals surface area (Å²) in [4.78, 5) is 12.3. The van der Waals surface area contributed by atoms with Crippen LogP contribution in [0.2, 0.25) is 5.02 Å². The third kappa shape index (κ3) is 4.30. The number of nitrogens with one attached hydrogen (secondary N) is 1. The Labute approximate surface area is 147 Å². The number of carbonyl (C=O) groups excluding carboxylic acids is 1. The minimum Gasteiger partial charge on any atom is -0.493 e. The molecule has 4 nitrogen and oxygen atoms in total. The molecule has 5 heteroatoms. The molecule has 0 fully saturated rings. The van der Waals surface area contributed by atoms with Gasteiger partial charge in [-0.05, 0) is 55.3 Å². The molecule has 0 spiro atoms. The van der Waals surface area contributed by atoms with Gasteiger partial charge in [-0.3, -0.25) is 4.79 Å². The van der Waals surface area contributed by atoms with Gasteiger partial charge in [0.2, 0.25) is 0 Å². The van der Waals surface area contributed by atoms with Crippen molar-refractivity contribution in [3.8, 4) is 11.5 Å². The van der Waals surface area contributed by atoms with Crippen LogP contribution in [0.25, 0.3) is 6.08 Å². The summed E-state index contributed by atoms with van der Waals surface area (Å²) in [5.74, 6) is 1.07. The quantitative estimate of drug-likeness (QED) is 0.798. The van der Waals surface area contributed by atoms with Crippen LogP contribution in [0, 0.1) is 6.92 Å². The van der Waals surface area contributed by atoms with Gasteiger partial charge in [0, 0.05) is 16.3 Å². The van der Waals surface area contributed by atoms with Crippen LogP contribution in [0.15, 0.2) is 42.0 Å². The Morgan fingerprint density at radius 1 is 1.08 bits per heavy atom. The molecule has 0 aromatic heterocycles. The lowest BCUT2D eigenvalue weighted by molar-refractivity contribution is -0.112. The summed E-state index contributed by atoms with van der Waals surface area (Å²) < 4.78 is 10.5. The van der Waals surface area contributed by atoms with Gasteiger partial charge in [-0.1, -0.05) is 23.7 Å². The van der Waals surface area contributed by atoms with Crippen molar-refractivity contribution in [3.05, 3.63) is 58.1 Å². The molecular formula is C19H20ClNO3. The van der Waals surface area contributed by atoms with E-state index in [2.05, 4.69) is 5.32 Å². The van der Waals surface area contributed by atoms with Gasteiger partial charge in [0.1, 0.15) is 0 Å². The van der Waals surface area contributed by atoms with Crippen LogP contribution in [0.5, 0.6) is 11.5 Å². The second-order valence-electron chi connectivity index (χ2n) is 5.36. The van der Waals surface area contributed by atoms with Crippen LogP contribution >= 0.6 is 11.6 Å². The van der Waals surface area contributed by atoms with Crippen molar-refractivity contribution >= 4 is 29.3 Å². The van der Waals surface area contributed by atoms with E-state index in [0.717, 1.165) is 11.1 Å². The molecule has 0 aliphatic heterocycles. The van der Waals surface area contributed by atoms with Crippen LogP contribution in [0.1, 0.15) is 18.1 Å². The Hall–Kier alpha value is -2.46. The number of hydrogen-bond donors (Lipinski definition) is 1. The molecular weight excluding hydrogens is 326 g/mol. The van der Waals surface area contributed by atoms with Crippen molar-refractivity contribution in [3.63, 3.8) is 0 Å². The van der Waals surface area contributed by atoms with Crippen LogP contribution in [0.3, 0.4) is 0 Å². The Morgan fingerprint density at radius 3 is 2.42 bits per heavy atom. The largest absolute Gasteiger partial charge is 0.493 e. The number of benzene rings is 2. The summed E-state index contributed by atoms with van der Waals surface area (Å²) in [5.41, 5.74) is 3.05. The average Bonchev–Trinajstić information content (AvgIpc) is 2.57. The maximum absolute atomic E-state index is 12.3. The Bertz CT molecular complexity index is 784. The molecule has 0 radical (unpaired) electrons. The highest BCUT2D eigenvalue weighted by atomic mass is 35.5. The number of amides is 1. The summed E-state index contributed by atoms with van der Waals surface area (Å²) >= 11 is 6.08. The zero-order chi connectivity index (χ0) is 17.7. The molecule has 1 amide bonds. The zero-order valence-corrected chi connectivity index (χ0v) is 14.9. The van der Waals surface area contributed by atoms with Crippen molar-refractivity contribution in [2.24, 2.45) is 0 Å². The van der Waals surface area contributed by atoms with E-state index >= 15 is 0 Å². The molecule has 0 unspecified atom stereocenters. The van der Waals surface area contributed by atoms with Gasteiger partial charge in [-0.25, -0.2) is 0 Å². The SMILES string of the molecule is COc1ccc(/C=C(\C)C(=O)Nc2ccc(C)c(Cl)c2)cc1OC. The van der Waals surface area contributed by atoms with Crippen molar-refractivity contribution in [2.75, 3.05) is 19.5 Å². The maximum atomic E-state index is 12.3. The Kier molecular flexibility index (Phi) is 5.88. The topological polar surface area (TPSA) is 47.6 Å². The van der Waals surface area contributed by atoms with Crippen molar-refractivity contribution < 1.29 is 14.3 Å². The number of halogens is 1. The minimum absolute atomic E-state index is 0.190. The normalized spacial score (nSPS) is 11.1. The molecule has 1 N–H and O–H groups in total. The van der Waals surface area contributed by atoms with Gasteiger partial charge in [-0.15, -0.1) is 0 Å². The van der Waals surface area contributed by atoms with Gasteiger partial charge in [0.15, 0.2) is 11.5 Å². The first-order chi connectivity index (χ1) is 11.4. The predicted octanol–water partition coefficient (Wildman–Crippen LogP) is 4.71. The fourth-order valence-electron chi connectivity index (χ4n) is 2.16. The Balaban J connectivity index is 2.17. The molecule has 0 saturated carbocycles. The standard InChI is InChI=1S/C19H20ClNO3/c1-12-5-7-15(11-16(12)20)21-19(22)13(2)9-14-6-8-17(23-3)18(10-14)24-4/h5-11H,1-4H3,(H,21,22)/b13-9+. The average molecular weight is 346 g/mol. The lowest BCUT2D eigenvalue weighted by Crippen LogP contribution is -2.12. The second-order valence-corrected chi connectivity index (χ2v) is 5.77. The molecule has 0 heterocycles. The van der Waals surface area contributed by atoms with E-state index in [1.54, 1.807) is 39.4 Å². The number of anilines is 1. The number of carbonyl (C=O) groups is 1. The number of hydrogen-bond acceptors (Lipinski definition) is 3. The predicted molar refractivity (Wildman–Crippen MR) is 98.0 cm³/mol. The van der Waals surface area contributed by atoms with Crippen LogP contribution in [-0.4, -0.2) is 20.1 Å². The zero-order valence-electron chi connectivity index (χ0n) is 14.1. The first-order valence-corrected chi connectivity index (χ1v) is 7.80. The van der Waals surface area contributed by atoms with Gasteiger partial charge < -0.3 is 14.8 Å². The third-order valence-electron chi connectivity index (χ3n) is 3.58. The van der Waals surface area contributed by atoms with Crippen molar-refractivity contribution in [1.82, 2.24) is 0 Å². The summed E-state index contributed by atoms with van der Waals surface area (Å²) in [7, 11) is 3.16. The summed E-state index contributed by atoms with van der Waals surface area (Å²) in [6, 6.07) is 10.9. The smallest absolute Gasteiger partial charge is 0.251 e. The Morgan fingerprint density at radius 2 is 1.79 bits per heavy atom. The van der Waals surface area contributed by atoms with E-state index < -0.39 is 0 Å². The van der Waals surface area contributed by atoms with Gasteiger partial charge >= 0.3 is 0 Å². The highest BCUT2D eigenvalue weighted by Gasteiger charge is 2.08. The van der Waals surface area contributed by atoms with E-state index in [-0.39, 0.29) is 5.91 Å². The summed E-state index contributed by atoms with van der Waals surface area (Å²) in [6.45, 7) is 3.66. The molecule has 2 aromatic rings. The van der Waals surface area contributed by atoms with E-state index in [1.165, 1.54) is 0 Å². The first kappa shape index (κ1) is 17.9. The van der Waals surface area contributed by atoms with E-state index in [0.29, 0.717) is 27.8 Å².